The van der Waals surface area contributed by atoms with Crippen LogP contribution in [-0.4, -0.2) is 17.8 Å². The molecule has 0 N–H and O–H groups in total. The third-order valence-corrected chi connectivity index (χ3v) is 6.09. The minimum atomic E-state index is -4.62. The smallest absolute Gasteiger partial charge is 0.291 e. The summed E-state index contributed by atoms with van der Waals surface area (Å²) in [4.78, 5) is -0.471. The molecule has 0 amide bonds. The average Bonchev–Trinajstić information content (AvgIpc) is 3.33. The molecule has 0 atom stereocenters. The van der Waals surface area contributed by atoms with Crippen LogP contribution in [0.15, 0.2) is 39.6 Å². The molecule has 0 bridgehead atoms. The Kier molecular flexibility index (Phi) is 5.02. The summed E-state index contributed by atoms with van der Waals surface area (Å²) >= 11 is 0. The third-order valence-electron chi connectivity index (χ3n) is 4.81. The van der Waals surface area contributed by atoms with Crippen LogP contribution in [0.25, 0.3) is 0 Å². The van der Waals surface area contributed by atoms with Gasteiger partial charge in [-0.15, -0.1) is 4.40 Å². The van der Waals surface area contributed by atoms with Crippen molar-refractivity contribution < 1.29 is 21.6 Å². The molecule has 1 heterocycles. The van der Waals surface area contributed by atoms with Crippen molar-refractivity contribution in [1.29, 1.82) is 0 Å². The number of sulfonamides is 1. The molecule has 1 aliphatic carbocycles. The van der Waals surface area contributed by atoms with Gasteiger partial charge in [0.05, 0.1) is 10.5 Å². The maximum absolute atomic E-state index is 13.0. The molecular formula is C19H24F3N3O2S. The molecule has 0 spiro atoms. The first-order valence-electron chi connectivity index (χ1n) is 9.04. The van der Waals surface area contributed by atoms with Crippen LogP contribution < -0.4 is 5.49 Å². The third kappa shape index (κ3) is 4.34. The SMILES string of the molecule is Cn1c(C(C)(C)C)c/c(=N\S(=O)(=O)c2cccc(C(F)(F)F)c2)n1CC1CC1. The molecule has 1 fully saturated rings. The Bertz CT molecular complexity index is 1050. The molecule has 1 aromatic carbocycles. The van der Waals surface area contributed by atoms with Crippen molar-refractivity contribution in [2.45, 2.75) is 56.6 Å². The lowest BCUT2D eigenvalue weighted by atomic mass is 9.92. The molecular weight excluding hydrogens is 391 g/mol. The van der Waals surface area contributed by atoms with E-state index in [1.807, 2.05) is 32.5 Å². The van der Waals surface area contributed by atoms with E-state index in [1.165, 1.54) is 0 Å². The van der Waals surface area contributed by atoms with Gasteiger partial charge in [-0.3, -0.25) is 9.36 Å². The summed E-state index contributed by atoms with van der Waals surface area (Å²) in [6.07, 6.45) is -2.48. The summed E-state index contributed by atoms with van der Waals surface area (Å²) in [5.41, 5.74) is -0.130. The molecule has 0 aliphatic heterocycles. The second-order valence-electron chi connectivity index (χ2n) is 8.28. The number of rotatable bonds is 4. The van der Waals surface area contributed by atoms with E-state index in [4.69, 9.17) is 0 Å². The zero-order valence-corrected chi connectivity index (χ0v) is 17.1. The van der Waals surface area contributed by atoms with Crippen molar-refractivity contribution in [2.75, 3.05) is 0 Å². The van der Waals surface area contributed by atoms with Gasteiger partial charge in [-0.2, -0.15) is 21.6 Å². The van der Waals surface area contributed by atoms with Crippen LogP contribution in [0.5, 0.6) is 0 Å². The Morgan fingerprint density at radius 1 is 1.14 bits per heavy atom. The lowest BCUT2D eigenvalue weighted by Crippen LogP contribution is -2.26. The van der Waals surface area contributed by atoms with Crippen molar-refractivity contribution in [2.24, 2.45) is 17.4 Å². The van der Waals surface area contributed by atoms with Crippen LogP contribution in [0.2, 0.25) is 0 Å². The fourth-order valence-electron chi connectivity index (χ4n) is 3.12. The number of nitrogens with zero attached hydrogens (tertiary/aromatic N) is 3. The van der Waals surface area contributed by atoms with Crippen molar-refractivity contribution in [3.63, 3.8) is 0 Å². The molecule has 5 nitrogen and oxygen atoms in total. The summed E-state index contributed by atoms with van der Waals surface area (Å²) in [7, 11) is -2.45. The highest BCUT2D eigenvalue weighted by molar-refractivity contribution is 7.90. The number of halogens is 3. The van der Waals surface area contributed by atoms with Gasteiger partial charge < -0.3 is 0 Å². The normalized spacial score (nSPS) is 16.6. The number of hydrogen-bond donors (Lipinski definition) is 0. The molecule has 9 heteroatoms. The molecule has 3 rings (SSSR count). The van der Waals surface area contributed by atoms with E-state index in [0.717, 1.165) is 36.7 Å². The lowest BCUT2D eigenvalue weighted by molar-refractivity contribution is -0.137. The Balaban J connectivity index is 2.14. The highest BCUT2D eigenvalue weighted by Gasteiger charge is 2.32. The second-order valence-corrected chi connectivity index (χ2v) is 9.88. The van der Waals surface area contributed by atoms with Crippen molar-refractivity contribution in [1.82, 2.24) is 9.36 Å². The summed E-state index contributed by atoms with van der Waals surface area (Å²) in [6.45, 7) is 6.65. The Morgan fingerprint density at radius 2 is 1.79 bits per heavy atom. The number of benzene rings is 1. The predicted molar refractivity (Wildman–Crippen MR) is 99.0 cm³/mol. The number of aromatic nitrogens is 2. The van der Waals surface area contributed by atoms with Crippen LogP contribution in [0.4, 0.5) is 13.2 Å². The quantitative estimate of drug-likeness (QED) is 0.762. The monoisotopic (exact) mass is 415 g/mol. The number of hydrogen-bond acceptors (Lipinski definition) is 2. The molecule has 1 aliphatic rings. The van der Waals surface area contributed by atoms with Gasteiger partial charge in [0.25, 0.3) is 10.0 Å². The fourth-order valence-corrected chi connectivity index (χ4v) is 4.14. The molecule has 154 valence electrons. The number of alkyl halides is 3. The Morgan fingerprint density at radius 3 is 2.32 bits per heavy atom. The molecule has 0 radical (unpaired) electrons. The highest BCUT2D eigenvalue weighted by atomic mass is 32.2. The van der Waals surface area contributed by atoms with Gasteiger partial charge >= 0.3 is 6.18 Å². The molecule has 0 unspecified atom stereocenters. The van der Waals surface area contributed by atoms with Gasteiger partial charge in [0, 0.05) is 30.8 Å². The van der Waals surface area contributed by atoms with Crippen LogP contribution in [-0.2, 0) is 35.2 Å². The molecule has 2 aromatic rings. The zero-order chi connectivity index (χ0) is 20.9. The van der Waals surface area contributed by atoms with E-state index in [-0.39, 0.29) is 10.9 Å². The first-order chi connectivity index (χ1) is 12.8. The summed E-state index contributed by atoms with van der Waals surface area (Å²) in [5.74, 6) is 0.469. The van der Waals surface area contributed by atoms with Crippen molar-refractivity contribution >= 4 is 10.0 Å². The highest BCUT2D eigenvalue weighted by Crippen LogP contribution is 2.32. The van der Waals surface area contributed by atoms with Gasteiger partial charge in [-0.05, 0) is 37.0 Å². The Labute approximate surface area is 162 Å². The maximum atomic E-state index is 13.0. The van der Waals surface area contributed by atoms with E-state index in [2.05, 4.69) is 4.40 Å². The van der Waals surface area contributed by atoms with E-state index in [9.17, 15) is 21.6 Å². The fraction of sp³-hybridized carbons (Fsp3) is 0.526. The van der Waals surface area contributed by atoms with E-state index >= 15 is 0 Å². The standard InChI is InChI=1S/C19H24F3N3O2S/c1-18(2,3)16-11-17(25(24(16)4)12-13-8-9-13)23-28(26,27)15-7-5-6-14(10-15)19(20,21)22/h5-7,10-11,13H,8-9,12H2,1-4H3/b23-17+. The van der Waals surface area contributed by atoms with E-state index < -0.39 is 26.7 Å². The van der Waals surface area contributed by atoms with Crippen LogP contribution in [0, 0.1) is 5.92 Å². The zero-order valence-electron chi connectivity index (χ0n) is 16.3. The van der Waals surface area contributed by atoms with Gasteiger partial charge in [-0.1, -0.05) is 26.8 Å². The Hall–Kier alpha value is -2.03. The summed E-state index contributed by atoms with van der Waals surface area (Å²) in [6, 6.07) is 5.37. The lowest BCUT2D eigenvalue weighted by Gasteiger charge is -2.20. The van der Waals surface area contributed by atoms with Crippen molar-refractivity contribution in [3.05, 3.63) is 47.1 Å². The first-order valence-corrected chi connectivity index (χ1v) is 10.5. The van der Waals surface area contributed by atoms with Crippen molar-refractivity contribution in [3.8, 4) is 0 Å². The summed E-state index contributed by atoms with van der Waals surface area (Å²) in [5, 5.41) is 0. The minimum Gasteiger partial charge on any atom is -0.291 e. The first kappa shape index (κ1) is 20.7. The van der Waals surface area contributed by atoms with Gasteiger partial charge in [-0.25, -0.2) is 0 Å². The molecule has 1 aromatic heterocycles. The molecule has 0 saturated heterocycles. The molecule has 28 heavy (non-hydrogen) atoms. The topological polar surface area (TPSA) is 56.4 Å². The van der Waals surface area contributed by atoms with Gasteiger partial charge in [0.2, 0.25) is 0 Å². The summed E-state index contributed by atoms with van der Waals surface area (Å²) < 4.78 is 71.9. The van der Waals surface area contributed by atoms with Gasteiger partial charge in [0.1, 0.15) is 0 Å². The predicted octanol–water partition coefficient (Wildman–Crippen LogP) is 3.84. The second kappa shape index (κ2) is 6.79. The van der Waals surface area contributed by atoms with Gasteiger partial charge in [0.15, 0.2) is 5.49 Å². The van der Waals surface area contributed by atoms with Crippen LogP contribution in [0.1, 0.15) is 44.9 Å². The van der Waals surface area contributed by atoms with Crippen LogP contribution >= 0.6 is 0 Å². The largest absolute Gasteiger partial charge is 0.416 e. The van der Waals surface area contributed by atoms with E-state index in [0.29, 0.717) is 18.5 Å². The minimum absolute atomic E-state index is 0.233. The maximum Gasteiger partial charge on any atom is 0.416 e. The molecule has 1 saturated carbocycles. The van der Waals surface area contributed by atoms with Crippen LogP contribution in [0.3, 0.4) is 0 Å². The average molecular weight is 415 g/mol. The van der Waals surface area contributed by atoms with E-state index in [1.54, 1.807) is 10.7 Å².